The number of aromatic nitrogens is 2. The summed E-state index contributed by atoms with van der Waals surface area (Å²) in [6.45, 7) is 8.87. The molecule has 0 saturated heterocycles. The number of hydrogen-bond donors (Lipinski definition) is 1. The molecule has 0 amide bonds. The molecule has 1 atom stereocenters. The first-order valence-corrected chi connectivity index (χ1v) is 7.68. The summed E-state index contributed by atoms with van der Waals surface area (Å²) in [5.41, 5.74) is 1.32. The van der Waals surface area contributed by atoms with Crippen LogP contribution in [-0.2, 0) is 19.6 Å². The number of rotatable bonds is 8. The lowest BCUT2D eigenvalue weighted by Crippen LogP contribution is -2.27. The van der Waals surface area contributed by atoms with Crippen molar-refractivity contribution < 1.29 is 4.74 Å². The van der Waals surface area contributed by atoms with Crippen LogP contribution in [0.3, 0.4) is 0 Å². The van der Waals surface area contributed by atoms with Gasteiger partial charge in [-0.25, -0.2) is 4.98 Å². The topological polar surface area (TPSA) is 39.1 Å². The third kappa shape index (κ3) is 4.60. The van der Waals surface area contributed by atoms with Crippen LogP contribution in [0.1, 0.15) is 32.2 Å². The second kappa shape index (κ2) is 7.84. The van der Waals surface area contributed by atoms with Gasteiger partial charge in [0.15, 0.2) is 0 Å². The van der Waals surface area contributed by atoms with Gasteiger partial charge in [0.05, 0.1) is 0 Å². The minimum Gasteiger partial charge on any atom is -0.486 e. The van der Waals surface area contributed by atoms with E-state index in [0.717, 1.165) is 31.1 Å². The molecule has 2 aromatic rings. The Balaban J connectivity index is 1.87. The first-order chi connectivity index (χ1) is 10.2. The molecule has 1 N–H and O–H groups in total. The van der Waals surface area contributed by atoms with Crippen molar-refractivity contribution in [2.45, 2.75) is 46.4 Å². The van der Waals surface area contributed by atoms with E-state index < -0.39 is 0 Å². The van der Waals surface area contributed by atoms with E-state index in [1.165, 1.54) is 5.56 Å². The minimum atomic E-state index is 0.499. The fraction of sp³-hybridized carbons (Fsp3) is 0.471. The van der Waals surface area contributed by atoms with E-state index >= 15 is 0 Å². The summed E-state index contributed by atoms with van der Waals surface area (Å²) in [6, 6.07) is 8.84. The number of nitrogens with one attached hydrogen (secondary N) is 1. The molecule has 1 aromatic carbocycles. The maximum absolute atomic E-state index is 5.80. The van der Waals surface area contributed by atoms with Gasteiger partial charge < -0.3 is 14.6 Å². The molecule has 0 aliphatic carbocycles. The Hall–Kier alpha value is -1.81. The van der Waals surface area contributed by atoms with Crippen LogP contribution < -0.4 is 10.1 Å². The number of nitrogens with zero attached hydrogens (tertiary/aromatic N) is 2. The molecule has 1 heterocycles. The quantitative estimate of drug-likeness (QED) is 0.811. The van der Waals surface area contributed by atoms with E-state index in [1.807, 2.05) is 24.5 Å². The molecule has 21 heavy (non-hydrogen) atoms. The van der Waals surface area contributed by atoms with Crippen LogP contribution in [0.15, 0.2) is 36.7 Å². The highest BCUT2D eigenvalue weighted by Crippen LogP contribution is 2.15. The molecular weight excluding hydrogens is 262 g/mol. The van der Waals surface area contributed by atoms with Crippen LogP contribution in [-0.4, -0.2) is 22.1 Å². The van der Waals surface area contributed by atoms with Crippen molar-refractivity contribution in [2.75, 3.05) is 6.54 Å². The Bertz CT molecular complexity index is 533. The van der Waals surface area contributed by atoms with Gasteiger partial charge in [-0.15, -0.1) is 0 Å². The van der Waals surface area contributed by atoms with Gasteiger partial charge in [-0.1, -0.05) is 19.1 Å². The van der Waals surface area contributed by atoms with E-state index in [9.17, 15) is 0 Å². The number of hydrogen-bond acceptors (Lipinski definition) is 3. The Kier molecular flexibility index (Phi) is 5.81. The van der Waals surface area contributed by atoms with Gasteiger partial charge >= 0.3 is 0 Å². The summed E-state index contributed by atoms with van der Waals surface area (Å²) in [6.07, 6.45) is 4.83. The molecule has 4 heteroatoms. The van der Waals surface area contributed by atoms with Crippen molar-refractivity contribution in [1.82, 2.24) is 14.9 Å². The molecule has 0 radical (unpaired) electrons. The molecule has 0 fully saturated rings. The monoisotopic (exact) mass is 287 g/mol. The average Bonchev–Trinajstić information content (AvgIpc) is 2.94. The van der Waals surface area contributed by atoms with Crippen LogP contribution in [0.25, 0.3) is 0 Å². The molecule has 2 rings (SSSR count). The summed E-state index contributed by atoms with van der Waals surface area (Å²) >= 11 is 0. The highest BCUT2D eigenvalue weighted by atomic mass is 16.5. The van der Waals surface area contributed by atoms with Crippen LogP contribution in [0.4, 0.5) is 0 Å². The van der Waals surface area contributed by atoms with Crippen LogP contribution in [0.5, 0.6) is 5.75 Å². The van der Waals surface area contributed by atoms with Gasteiger partial charge in [0.1, 0.15) is 18.2 Å². The highest BCUT2D eigenvalue weighted by Gasteiger charge is 2.04. The SMILES string of the molecule is CCNC(C)Cc1ccc(OCc2nccn2CC)cc1. The zero-order valence-corrected chi connectivity index (χ0v) is 13.2. The second-order valence-electron chi connectivity index (χ2n) is 5.22. The van der Waals surface area contributed by atoms with Crippen molar-refractivity contribution >= 4 is 0 Å². The normalized spacial score (nSPS) is 12.3. The third-order valence-corrected chi connectivity index (χ3v) is 3.53. The number of likely N-dealkylation sites (N-methyl/N-ethyl adjacent to an activating group) is 1. The summed E-state index contributed by atoms with van der Waals surface area (Å²) in [4.78, 5) is 4.31. The molecule has 4 nitrogen and oxygen atoms in total. The average molecular weight is 287 g/mol. The van der Waals surface area contributed by atoms with Gasteiger partial charge in [-0.05, 0) is 44.5 Å². The molecule has 0 bridgehead atoms. The first-order valence-electron chi connectivity index (χ1n) is 7.68. The van der Waals surface area contributed by atoms with Crippen molar-refractivity contribution in [3.8, 4) is 5.75 Å². The third-order valence-electron chi connectivity index (χ3n) is 3.53. The Morgan fingerprint density at radius 3 is 2.67 bits per heavy atom. The smallest absolute Gasteiger partial charge is 0.146 e. The second-order valence-corrected chi connectivity index (χ2v) is 5.22. The number of ether oxygens (including phenoxy) is 1. The maximum atomic E-state index is 5.80. The summed E-state index contributed by atoms with van der Waals surface area (Å²) in [5, 5.41) is 3.42. The zero-order valence-electron chi connectivity index (χ0n) is 13.2. The molecule has 0 aliphatic heterocycles. The van der Waals surface area contributed by atoms with Crippen LogP contribution >= 0.6 is 0 Å². The molecule has 1 aromatic heterocycles. The molecule has 1 unspecified atom stereocenters. The van der Waals surface area contributed by atoms with Crippen molar-refractivity contribution in [3.05, 3.63) is 48.0 Å². The van der Waals surface area contributed by atoms with E-state index in [0.29, 0.717) is 12.6 Å². The summed E-state index contributed by atoms with van der Waals surface area (Å²) in [5.74, 6) is 1.85. The van der Waals surface area contributed by atoms with E-state index in [2.05, 4.69) is 47.8 Å². The molecule has 0 aliphatic rings. The van der Waals surface area contributed by atoms with E-state index in [-0.39, 0.29) is 0 Å². The lowest BCUT2D eigenvalue weighted by molar-refractivity contribution is 0.290. The Labute approximate surface area is 127 Å². The van der Waals surface area contributed by atoms with Crippen LogP contribution in [0, 0.1) is 0 Å². The minimum absolute atomic E-state index is 0.499. The molecule has 114 valence electrons. The summed E-state index contributed by atoms with van der Waals surface area (Å²) in [7, 11) is 0. The standard InChI is InChI=1S/C17H25N3O/c1-4-18-14(3)12-15-6-8-16(9-7-15)21-13-17-19-10-11-20(17)5-2/h6-11,14,18H,4-5,12-13H2,1-3H3. The number of imidazole rings is 1. The number of aryl methyl sites for hydroxylation is 1. The predicted octanol–water partition coefficient (Wildman–Crippen LogP) is 3.02. The lowest BCUT2D eigenvalue weighted by Gasteiger charge is -2.13. The molecule has 0 spiro atoms. The zero-order chi connectivity index (χ0) is 15.1. The van der Waals surface area contributed by atoms with Gasteiger partial charge in [0.2, 0.25) is 0 Å². The summed E-state index contributed by atoms with van der Waals surface area (Å²) < 4.78 is 7.89. The first kappa shape index (κ1) is 15.6. The van der Waals surface area contributed by atoms with Gasteiger partial charge in [-0.3, -0.25) is 0 Å². The van der Waals surface area contributed by atoms with E-state index in [1.54, 1.807) is 0 Å². The Morgan fingerprint density at radius 1 is 1.24 bits per heavy atom. The fourth-order valence-electron chi connectivity index (χ4n) is 2.41. The largest absolute Gasteiger partial charge is 0.486 e. The van der Waals surface area contributed by atoms with Crippen molar-refractivity contribution in [2.24, 2.45) is 0 Å². The van der Waals surface area contributed by atoms with E-state index in [4.69, 9.17) is 4.74 Å². The predicted molar refractivity (Wildman–Crippen MR) is 85.5 cm³/mol. The lowest BCUT2D eigenvalue weighted by atomic mass is 10.1. The van der Waals surface area contributed by atoms with Crippen molar-refractivity contribution in [1.29, 1.82) is 0 Å². The van der Waals surface area contributed by atoms with Crippen LogP contribution in [0.2, 0.25) is 0 Å². The molecular formula is C17H25N3O. The maximum Gasteiger partial charge on any atom is 0.146 e. The fourth-order valence-corrected chi connectivity index (χ4v) is 2.41. The highest BCUT2D eigenvalue weighted by molar-refractivity contribution is 5.27. The van der Waals surface area contributed by atoms with Gasteiger partial charge in [-0.2, -0.15) is 0 Å². The Morgan fingerprint density at radius 2 is 2.00 bits per heavy atom. The number of benzene rings is 1. The van der Waals surface area contributed by atoms with Gasteiger partial charge in [0.25, 0.3) is 0 Å². The van der Waals surface area contributed by atoms with Crippen molar-refractivity contribution in [3.63, 3.8) is 0 Å². The molecule has 0 saturated carbocycles. The van der Waals surface area contributed by atoms with Gasteiger partial charge in [0, 0.05) is 25.0 Å².